The smallest absolute Gasteiger partial charge is 0.274 e. The summed E-state index contributed by atoms with van der Waals surface area (Å²) in [5, 5.41) is 9.02. The maximum absolute atomic E-state index is 13.2. The van der Waals surface area contributed by atoms with Gasteiger partial charge in [-0.25, -0.2) is 4.68 Å². The molecular formula is C24H27N3O3. The molecule has 1 fully saturated rings. The van der Waals surface area contributed by atoms with Crippen molar-refractivity contribution in [3.8, 4) is 5.75 Å². The van der Waals surface area contributed by atoms with Crippen molar-refractivity contribution in [2.45, 2.75) is 44.1 Å². The number of hydrogen-bond acceptors (Lipinski definition) is 4. The highest BCUT2D eigenvalue weighted by molar-refractivity contribution is 5.88. The highest BCUT2D eigenvalue weighted by Crippen LogP contribution is 2.38. The van der Waals surface area contributed by atoms with Gasteiger partial charge in [0.1, 0.15) is 5.75 Å². The summed E-state index contributed by atoms with van der Waals surface area (Å²) in [6.07, 6.45) is 5.28. The zero-order valence-electron chi connectivity index (χ0n) is 17.5. The minimum Gasteiger partial charge on any atom is -0.497 e. The van der Waals surface area contributed by atoms with Gasteiger partial charge in [-0.3, -0.25) is 9.59 Å². The number of rotatable bonds is 5. The van der Waals surface area contributed by atoms with Crippen molar-refractivity contribution >= 4 is 16.7 Å². The Bertz CT molecular complexity index is 1110. The van der Waals surface area contributed by atoms with Crippen molar-refractivity contribution in [1.29, 1.82) is 0 Å². The zero-order chi connectivity index (χ0) is 21.1. The lowest BCUT2D eigenvalue weighted by Crippen LogP contribution is -2.48. The van der Waals surface area contributed by atoms with Crippen LogP contribution in [0.3, 0.4) is 0 Å². The molecule has 6 nitrogen and oxygen atoms in total. The molecule has 2 aromatic carbocycles. The Morgan fingerprint density at radius 3 is 2.40 bits per heavy atom. The van der Waals surface area contributed by atoms with Crippen molar-refractivity contribution < 1.29 is 9.53 Å². The van der Waals surface area contributed by atoms with E-state index >= 15 is 0 Å². The van der Waals surface area contributed by atoms with Gasteiger partial charge in [-0.2, -0.15) is 5.10 Å². The van der Waals surface area contributed by atoms with E-state index in [1.807, 2.05) is 42.5 Å². The van der Waals surface area contributed by atoms with Gasteiger partial charge in [0.15, 0.2) is 0 Å². The van der Waals surface area contributed by atoms with Gasteiger partial charge in [-0.05, 0) is 36.6 Å². The Balaban J connectivity index is 1.63. The van der Waals surface area contributed by atoms with Crippen LogP contribution >= 0.6 is 0 Å². The van der Waals surface area contributed by atoms with E-state index in [9.17, 15) is 9.59 Å². The van der Waals surface area contributed by atoms with Crippen LogP contribution in [-0.2, 0) is 23.8 Å². The van der Waals surface area contributed by atoms with Gasteiger partial charge in [0.2, 0.25) is 5.91 Å². The molecular weight excluding hydrogens is 378 g/mol. The van der Waals surface area contributed by atoms with Crippen LogP contribution in [0.25, 0.3) is 10.8 Å². The molecule has 1 heterocycles. The van der Waals surface area contributed by atoms with Crippen molar-refractivity contribution in [3.05, 3.63) is 70.1 Å². The monoisotopic (exact) mass is 405 g/mol. The van der Waals surface area contributed by atoms with Gasteiger partial charge < -0.3 is 10.1 Å². The first-order valence-electron chi connectivity index (χ1n) is 10.4. The summed E-state index contributed by atoms with van der Waals surface area (Å²) in [4.78, 5) is 25.5. The second kappa shape index (κ2) is 8.30. The van der Waals surface area contributed by atoms with E-state index in [4.69, 9.17) is 4.74 Å². The summed E-state index contributed by atoms with van der Waals surface area (Å²) >= 11 is 0. The average molecular weight is 405 g/mol. The van der Waals surface area contributed by atoms with Crippen molar-refractivity contribution in [1.82, 2.24) is 15.1 Å². The molecule has 0 radical (unpaired) electrons. The number of carbonyl (C=O) groups is 1. The number of amides is 1. The maximum Gasteiger partial charge on any atom is 0.274 e. The first-order chi connectivity index (χ1) is 14.5. The molecule has 0 spiro atoms. The van der Waals surface area contributed by atoms with Crippen LogP contribution < -0.4 is 15.6 Å². The predicted molar refractivity (Wildman–Crippen MR) is 117 cm³/mol. The number of ether oxygens (including phenoxy) is 1. The highest BCUT2D eigenvalue weighted by atomic mass is 16.5. The highest BCUT2D eigenvalue weighted by Gasteiger charge is 2.35. The lowest BCUT2D eigenvalue weighted by molar-refractivity contribution is -0.123. The van der Waals surface area contributed by atoms with Gasteiger partial charge in [-0.15, -0.1) is 0 Å². The fourth-order valence-electron chi connectivity index (χ4n) is 4.52. The number of aromatic nitrogens is 2. The van der Waals surface area contributed by atoms with E-state index in [1.54, 1.807) is 20.2 Å². The Kier molecular flexibility index (Phi) is 5.57. The Morgan fingerprint density at radius 1 is 1.07 bits per heavy atom. The third kappa shape index (κ3) is 3.82. The molecule has 0 saturated heterocycles. The number of benzene rings is 2. The Labute approximate surface area is 175 Å². The molecule has 1 aliphatic rings. The number of nitrogens with one attached hydrogen (secondary N) is 1. The van der Waals surface area contributed by atoms with E-state index in [-0.39, 0.29) is 23.4 Å². The molecule has 1 aliphatic carbocycles. The van der Waals surface area contributed by atoms with Crippen molar-refractivity contribution in [3.63, 3.8) is 0 Å². The molecule has 30 heavy (non-hydrogen) atoms. The van der Waals surface area contributed by atoms with Crippen molar-refractivity contribution in [2.75, 3.05) is 7.11 Å². The van der Waals surface area contributed by atoms with Crippen LogP contribution in [0.1, 0.15) is 43.4 Å². The van der Waals surface area contributed by atoms with E-state index in [0.29, 0.717) is 11.1 Å². The number of hydrogen-bond donors (Lipinski definition) is 1. The molecule has 4 rings (SSSR count). The van der Waals surface area contributed by atoms with Crippen LogP contribution in [-0.4, -0.2) is 22.8 Å². The number of nitrogens with zero attached hydrogens (tertiary/aromatic N) is 2. The van der Waals surface area contributed by atoms with E-state index in [0.717, 1.165) is 42.4 Å². The van der Waals surface area contributed by atoms with Crippen LogP contribution in [0.2, 0.25) is 0 Å². The molecule has 0 unspecified atom stereocenters. The molecule has 1 aromatic heterocycles. The molecule has 156 valence electrons. The van der Waals surface area contributed by atoms with Gasteiger partial charge in [0.05, 0.1) is 30.1 Å². The SMILES string of the molecule is COc1ccc(C2(NC(=O)Cc3nn(C)c(=O)c4ccccc34)CCCCC2)cc1. The lowest BCUT2D eigenvalue weighted by Gasteiger charge is -2.39. The molecule has 1 N–H and O–H groups in total. The molecule has 6 heteroatoms. The average Bonchev–Trinajstić information content (AvgIpc) is 2.78. The molecule has 3 aromatic rings. The minimum absolute atomic E-state index is 0.0796. The topological polar surface area (TPSA) is 73.2 Å². The first kappa shape index (κ1) is 20.1. The van der Waals surface area contributed by atoms with Gasteiger partial charge in [-0.1, -0.05) is 49.6 Å². The molecule has 0 atom stereocenters. The van der Waals surface area contributed by atoms with E-state index < -0.39 is 0 Å². The molecule has 1 saturated carbocycles. The number of carbonyl (C=O) groups excluding carboxylic acids is 1. The van der Waals surface area contributed by atoms with Crippen molar-refractivity contribution in [2.24, 2.45) is 7.05 Å². The van der Waals surface area contributed by atoms with Gasteiger partial charge in [0.25, 0.3) is 5.56 Å². The predicted octanol–water partition coefficient (Wildman–Crippen LogP) is 3.46. The van der Waals surface area contributed by atoms with E-state index in [1.165, 1.54) is 11.1 Å². The minimum atomic E-state index is -0.377. The largest absolute Gasteiger partial charge is 0.497 e. The number of fused-ring (bicyclic) bond motifs is 1. The zero-order valence-corrected chi connectivity index (χ0v) is 17.5. The fourth-order valence-corrected chi connectivity index (χ4v) is 4.52. The summed E-state index contributed by atoms with van der Waals surface area (Å²) in [7, 11) is 3.27. The number of methoxy groups -OCH3 is 1. The Morgan fingerprint density at radius 2 is 1.73 bits per heavy atom. The summed E-state index contributed by atoms with van der Waals surface area (Å²) in [5.74, 6) is 0.723. The standard InChI is InChI=1S/C24H27N3O3/c1-27-23(29)20-9-5-4-8-19(20)21(26-27)16-22(28)25-24(14-6-3-7-15-24)17-10-12-18(30-2)13-11-17/h4-5,8-13H,3,6-7,14-16H2,1-2H3,(H,25,28). The maximum atomic E-state index is 13.2. The summed E-state index contributed by atoms with van der Waals surface area (Å²) < 4.78 is 6.60. The first-order valence-corrected chi connectivity index (χ1v) is 10.4. The molecule has 1 amide bonds. The summed E-state index contributed by atoms with van der Waals surface area (Å²) in [6.45, 7) is 0. The Hall–Kier alpha value is -3.15. The second-order valence-corrected chi connectivity index (χ2v) is 8.02. The summed E-state index contributed by atoms with van der Waals surface area (Å²) in [6, 6.07) is 15.3. The molecule has 0 aliphatic heterocycles. The van der Waals surface area contributed by atoms with E-state index in [2.05, 4.69) is 10.4 Å². The van der Waals surface area contributed by atoms with Crippen LogP contribution in [0.15, 0.2) is 53.3 Å². The normalized spacial score (nSPS) is 15.7. The fraction of sp³-hybridized carbons (Fsp3) is 0.375. The third-order valence-corrected chi connectivity index (χ3v) is 6.09. The third-order valence-electron chi connectivity index (χ3n) is 6.09. The van der Waals surface area contributed by atoms with Crippen LogP contribution in [0, 0.1) is 0 Å². The van der Waals surface area contributed by atoms with Crippen LogP contribution in [0.4, 0.5) is 0 Å². The lowest BCUT2D eigenvalue weighted by atomic mass is 9.76. The van der Waals surface area contributed by atoms with Gasteiger partial charge >= 0.3 is 0 Å². The number of aryl methyl sites for hydroxylation is 1. The molecule has 0 bridgehead atoms. The second-order valence-electron chi connectivity index (χ2n) is 8.02. The summed E-state index contributed by atoms with van der Waals surface area (Å²) in [5.41, 5.74) is 1.19. The van der Waals surface area contributed by atoms with Crippen LogP contribution in [0.5, 0.6) is 5.75 Å². The quantitative estimate of drug-likeness (QED) is 0.706. The van der Waals surface area contributed by atoms with Gasteiger partial charge in [0, 0.05) is 12.4 Å².